The Bertz CT molecular complexity index is 337. The van der Waals surface area contributed by atoms with Crippen LogP contribution in [0.2, 0.25) is 0 Å². The molecular formula is C18H35N3. The van der Waals surface area contributed by atoms with Crippen LogP contribution in [0.1, 0.15) is 58.8 Å². The van der Waals surface area contributed by atoms with Gasteiger partial charge in [-0.05, 0) is 45.2 Å². The molecular weight excluding hydrogens is 258 g/mol. The molecule has 122 valence electrons. The predicted octanol–water partition coefficient (Wildman–Crippen LogP) is 2.71. The zero-order valence-electron chi connectivity index (χ0n) is 14.4. The predicted molar refractivity (Wildman–Crippen MR) is 89.7 cm³/mol. The van der Waals surface area contributed by atoms with Crippen molar-refractivity contribution in [3.8, 4) is 0 Å². The van der Waals surface area contributed by atoms with E-state index in [4.69, 9.17) is 0 Å². The van der Waals surface area contributed by atoms with Gasteiger partial charge in [-0.15, -0.1) is 0 Å². The number of likely N-dealkylation sites (tertiary alicyclic amines) is 1. The molecule has 0 aromatic heterocycles. The highest BCUT2D eigenvalue weighted by Crippen LogP contribution is 2.35. The summed E-state index contributed by atoms with van der Waals surface area (Å²) in [5, 5.41) is 3.98. The molecule has 1 N–H and O–H groups in total. The zero-order valence-corrected chi connectivity index (χ0v) is 14.4. The molecule has 1 saturated carbocycles. The average molecular weight is 293 g/mol. The second-order valence-corrected chi connectivity index (χ2v) is 8.05. The molecule has 0 aromatic carbocycles. The number of piperidine rings is 1. The van der Waals surface area contributed by atoms with Crippen LogP contribution in [0.5, 0.6) is 0 Å². The molecule has 0 amide bonds. The van der Waals surface area contributed by atoms with Crippen molar-refractivity contribution in [1.29, 1.82) is 0 Å². The van der Waals surface area contributed by atoms with E-state index in [1.807, 2.05) is 0 Å². The summed E-state index contributed by atoms with van der Waals surface area (Å²) in [6.07, 6.45) is 9.78. The lowest BCUT2D eigenvalue weighted by atomic mass is 9.77. The Balaban J connectivity index is 1.73. The molecule has 3 fully saturated rings. The number of rotatable bonds is 2. The summed E-state index contributed by atoms with van der Waals surface area (Å²) < 4.78 is 0. The van der Waals surface area contributed by atoms with E-state index in [2.05, 4.69) is 36.0 Å². The van der Waals surface area contributed by atoms with Crippen molar-refractivity contribution >= 4 is 0 Å². The molecule has 2 aliphatic heterocycles. The van der Waals surface area contributed by atoms with Gasteiger partial charge in [0.05, 0.1) is 0 Å². The van der Waals surface area contributed by atoms with E-state index >= 15 is 0 Å². The van der Waals surface area contributed by atoms with Gasteiger partial charge in [-0.25, -0.2) is 0 Å². The second kappa shape index (κ2) is 6.55. The number of nitrogens with one attached hydrogen (secondary N) is 1. The Morgan fingerprint density at radius 2 is 1.95 bits per heavy atom. The standard InChI is InChI=1S/C18H35N3/c1-4-16-12-19-18(9-6-5-7-10-18)14-21(16)17-8-11-20(3)13-15(17)2/h15-17,19H,4-14H2,1-3H3. The van der Waals surface area contributed by atoms with Crippen LogP contribution in [0.4, 0.5) is 0 Å². The Hall–Kier alpha value is -0.120. The van der Waals surface area contributed by atoms with Crippen LogP contribution in [0, 0.1) is 5.92 Å². The van der Waals surface area contributed by atoms with Crippen molar-refractivity contribution in [3.63, 3.8) is 0 Å². The maximum absolute atomic E-state index is 3.98. The van der Waals surface area contributed by atoms with Gasteiger partial charge >= 0.3 is 0 Å². The minimum absolute atomic E-state index is 0.451. The van der Waals surface area contributed by atoms with Crippen LogP contribution in [0.3, 0.4) is 0 Å². The lowest BCUT2D eigenvalue weighted by Crippen LogP contribution is -2.68. The summed E-state index contributed by atoms with van der Waals surface area (Å²) in [6, 6.07) is 1.57. The summed E-state index contributed by atoms with van der Waals surface area (Å²) >= 11 is 0. The minimum atomic E-state index is 0.451. The Morgan fingerprint density at radius 1 is 1.19 bits per heavy atom. The number of nitrogens with zero attached hydrogens (tertiary/aromatic N) is 2. The van der Waals surface area contributed by atoms with Gasteiger partial charge in [-0.3, -0.25) is 4.90 Å². The molecule has 0 radical (unpaired) electrons. The summed E-state index contributed by atoms with van der Waals surface area (Å²) in [5.74, 6) is 0.816. The first-order chi connectivity index (χ1) is 10.1. The SMILES string of the molecule is CCC1CNC2(CCCCC2)CN1C1CCN(C)CC1C. The lowest BCUT2D eigenvalue weighted by Gasteiger charge is -2.54. The molecule has 2 heterocycles. The molecule has 3 nitrogen and oxygen atoms in total. The van der Waals surface area contributed by atoms with Gasteiger partial charge in [0, 0.05) is 37.3 Å². The van der Waals surface area contributed by atoms with Crippen LogP contribution in [0.15, 0.2) is 0 Å². The summed E-state index contributed by atoms with van der Waals surface area (Å²) in [6.45, 7) is 9.93. The summed E-state index contributed by atoms with van der Waals surface area (Å²) in [7, 11) is 2.28. The highest BCUT2D eigenvalue weighted by atomic mass is 15.3. The molecule has 3 atom stereocenters. The van der Waals surface area contributed by atoms with Crippen LogP contribution >= 0.6 is 0 Å². The Morgan fingerprint density at radius 3 is 2.62 bits per heavy atom. The molecule has 2 saturated heterocycles. The molecule has 3 unspecified atom stereocenters. The van der Waals surface area contributed by atoms with Gasteiger partial charge in [0.1, 0.15) is 0 Å². The van der Waals surface area contributed by atoms with Gasteiger partial charge in [0.15, 0.2) is 0 Å². The fourth-order valence-electron chi connectivity index (χ4n) is 5.15. The van der Waals surface area contributed by atoms with Crippen molar-refractivity contribution in [2.24, 2.45) is 5.92 Å². The highest BCUT2D eigenvalue weighted by Gasteiger charge is 2.43. The van der Waals surface area contributed by atoms with Gasteiger partial charge in [0.25, 0.3) is 0 Å². The number of piperazine rings is 1. The van der Waals surface area contributed by atoms with Gasteiger partial charge in [-0.1, -0.05) is 33.1 Å². The van der Waals surface area contributed by atoms with Crippen molar-refractivity contribution in [2.75, 3.05) is 33.2 Å². The van der Waals surface area contributed by atoms with Crippen LogP contribution in [-0.4, -0.2) is 60.6 Å². The maximum Gasteiger partial charge on any atom is 0.0309 e. The second-order valence-electron chi connectivity index (χ2n) is 8.05. The molecule has 0 bridgehead atoms. The molecule has 3 rings (SSSR count). The fraction of sp³-hybridized carbons (Fsp3) is 1.00. The third-order valence-electron chi connectivity index (χ3n) is 6.44. The van der Waals surface area contributed by atoms with Crippen molar-refractivity contribution in [2.45, 2.75) is 76.4 Å². The zero-order chi connectivity index (χ0) is 14.9. The molecule has 3 heteroatoms. The van der Waals surface area contributed by atoms with Crippen LogP contribution in [0.25, 0.3) is 0 Å². The first-order valence-electron chi connectivity index (χ1n) is 9.33. The van der Waals surface area contributed by atoms with Crippen LogP contribution < -0.4 is 5.32 Å². The molecule has 3 aliphatic rings. The molecule has 1 spiro atoms. The lowest BCUT2D eigenvalue weighted by molar-refractivity contribution is -0.0173. The largest absolute Gasteiger partial charge is 0.308 e. The summed E-state index contributed by atoms with van der Waals surface area (Å²) in [4.78, 5) is 5.44. The van der Waals surface area contributed by atoms with E-state index in [-0.39, 0.29) is 0 Å². The van der Waals surface area contributed by atoms with Gasteiger partial charge in [-0.2, -0.15) is 0 Å². The number of hydrogen-bond acceptors (Lipinski definition) is 3. The fourth-order valence-corrected chi connectivity index (χ4v) is 5.15. The Labute approximate surface area is 131 Å². The van der Waals surface area contributed by atoms with Crippen molar-refractivity contribution in [1.82, 2.24) is 15.1 Å². The van der Waals surface area contributed by atoms with Gasteiger partial charge < -0.3 is 10.2 Å². The summed E-state index contributed by atoms with van der Waals surface area (Å²) in [5.41, 5.74) is 0.451. The first-order valence-corrected chi connectivity index (χ1v) is 9.33. The smallest absolute Gasteiger partial charge is 0.0309 e. The topological polar surface area (TPSA) is 18.5 Å². The molecule has 0 aromatic rings. The monoisotopic (exact) mass is 293 g/mol. The average Bonchev–Trinajstić information content (AvgIpc) is 2.48. The van der Waals surface area contributed by atoms with E-state index in [0.29, 0.717) is 5.54 Å². The van der Waals surface area contributed by atoms with E-state index < -0.39 is 0 Å². The minimum Gasteiger partial charge on any atom is -0.308 e. The van der Waals surface area contributed by atoms with E-state index in [1.54, 1.807) is 0 Å². The highest BCUT2D eigenvalue weighted by molar-refractivity contribution is 5.02. The first kappa shape index (κ1) is 15.8. The Kier molecular flexibility index (Phi) is 4.92. The number of hydrogen-bond donors (Lipinski definition) is 1. The third kappa shape index (κ3) is 3.30. The van der Waals surface area contributed by atoms with Crippen molar-refractivity contribution in [3.05, 3.63) is 0 Å². The van der Waals surface area contributed by atoms with E-state index in [9.17, 15) is 0 Å². The van der Waals surface area contributed by atoms with Gasteiger partial charge in [0.2, 0.25) is 0 Å². The quantitative estimate of drug-likeness (QED) is 0.844. The third-order valence-corrected chi connectivity index (χ3v) is 6.44. The molecule has 21 heavy (non-hydrogen) atoms. The van der Waals surface area contributed by atoms with E-state index in [0.717, 1.165) is 18.0 Å². The maximum atomic E-state index is 3.98. The van der Waals surface area contributed by atoms with E-state index in [1.165, 1.54) is 71.1 Å². The van der Waals surface area contributed by atoms with Crippen LogP contribution in [-0.2, 0) is 0 Å². The normalized spacial score (nSPS) is 38.7. The molecule has 1 aliphatic carbocycles. The van der Waals surface area contributed by atoms with Crippen molar-refractivity contribution < 1.29 is 0 Å².